The second kappa shape index (κ2) is 12.7. The monoisotopic (exact) mass is 503 g/mol. The summed E-state index contributed by atoms with van der Waals surface area (Å²) in [5.74, 6) is 1.98. The minimum atomic E-state index is 0. The van der Waals surface area contributed by atoms with Crippen LogP contribution >= 0.6 is 24.0 Å². The van der Waals surface area contributed by atoms with Gasteiger partial charge in [0.25, 0.3) is 0 Å². The zero-order valence-electron chi connectivity index (χ0n) is 17.5. The van der Waals surface area contributed by atoms with E-state index >= 15 is 0 Å². The Morgan fingerprint density at radius 2 is 1.96 bits per heavy atom. The fraction of sp³-hybridized carbons (Fsp3) is 0.762. The summed E-state index contributed by atoms with van der Waals surface area (Å²) >= 11 is 0. The molecule has 0 radical (unpaired) electrons. The first kappa shape index (κ1) is 23.5. The smallest absolute Gasteiger partial charge is 0.191 e. The lowest BCUT2D eigenvalue weighted by Gasteiger charge is -2.33. The molecule has 3 heterocycles. The number of hydrogen-bond acceptors (Lipinski definition) is 4. The van der Waals surface area contributed by atoms with Gasteiger partial charge in [0.2, 0.25) is 0 Å². The van der Waals surface area contributed by atoms with E-state index in [1.807, 2.05) is 6.07 Å². The first-order valence-corrected chi connectivity index (χ1v) is 10.8. The summed E-state index contributed by atoms with van der Waals surface area (Å²) in [4.78, 5) is 10.0. The van der Waals surface area contributed by atoms with Crippen molar-refractivity contribution >= 4 is 29.9 Å². The number of aliphatic imine (C=N–C) groups is 1. The first-order chi connectivity index (χ1) is 13.3. The highest BCUT2D eigenvalue weighted by Crippen LogP contribution is 2.25. The zero-order chi connectivity index (χ0) is 18.9. The van der Waals surface area contributed by atoms with Crippen molar-refractivity contribution in [1.29, 1.82) is 0 Å². The largest absolute Gasteiger partial charge is 0.468 e. The van der Waals surface area contributed by atoms with Crippen LogP contribution in [0.4, 0.5) is 0 Å². The zero-order valence-corrected chi connectivity index (χ0v) is 19.9. The highest BCUT2D eigenvalue weighted by molar-refractivity contribution is 14.0. The number of halogens is 1. The Labute approximate surface area is 187 Å². The van der Waals surface area contributed by atoms with Crippen LogP contribution in [-0.2, 0) is 0 Å². The molecule has 7 heteroatoms. The van der Waals surface area contributed by atoms with Gasteiger partial charge in [-0.05, 0) is 70.8 Å². The number of furan rings is 1. The molecule has 0 saturated carbocycles. The van der Waals surface area contributed by atoms with Crippen molar-refractivity contribution in [1.82, 2.24) is 20.4 Å². The van der Waals surface area contributed by atoms with Crippen LogP contribution in [0.3, 0.4) is 0 Å². The number of guanidine groups is 1. The lowest BCUT2D eigenvalue weighted by Crippen LogP contribution is -2.49. The Bertz CT molecular complexity index is 551. The van der Waals surface area contributed by atoms with Gasteiger partial charge < -0.3 is 20.0 Å². The van der Waals surface area contributed by atoms with Crippen LogP contribution in [0, 0.1) is 0 Å². The van der Waals surface area contributed by atoms with E-state index in [1.165, 1.54) is 51.7 Å². The second-order valence-electron chi connectivity index (χ2n) is 7.75. The molecule has 2 N–H and O–H groups in total. The molecule has 1 unspecified atom stereocenters. The van der Waals surface area contributed by atoms with E-state index in [4.69, 9.17) is 9.41 Å². The highest BCUT2D eigenvalue weighted by Gasteiger charge is 2.26. The van der Waals surface area contributed by atoms with E-state index < -0.39 is 0 Å². The number of rotatable bonds is 8. The SMILES string of the molecule is CCCN1CCC(NC(=NCC(c2ccco2)N2CCCC2)NCC)CC1.I. The quantitative estimate of drug-likeness (QED) is 0.323. The van der Waals surface area contributed by atoms with Crippen LogP contribution in [0.2, 0.25) is 0 Å². The number of nitrogens with zero attached hydrogens (tertiary/aromatic N) is 3. The van der Waals surface area contributed by atoms with Crippen molar-refractivity contribution < 1.29 is 4.42 Å². The van der Waals surface area contributed by atoms with Crippen molar-refractivity contribution in [3.63, 3.8) is 0 Å². The van der Waals surface area contributed by atoms with E-state index in [0.717, 1.165) is 37.9 Å². The third kappa shape index (κ3) is 6.91. The maximum absolute atomic E-state index is 5.73. The standard InChI is InChI=1S/C21H37N5O.HI/c1-3-11-25-14-9-18(10-15-25)24-21(22-4-2)23-17-19(20-8-7-16-27-20)26-12-5-6-13-26;/h7-8,16,18-19H,3-6,9-15,17H2,1-2H3,(H2,22,23,24);1H. The van der Waals surface area contributed by atoms with Crippen LogP contribution < -0.4 is 10.6 Å². The number of nitrogens with one attached hydrogen (secondary N) is 2. The third-order valence-electron chi connectivity index (χ3n) is 5.69. The van der Waals surface area contributed by atoms with Gasteiger partial charge in [0.15, 0.2) is 5.96 Å². The molecule has 0 spiro atoms. The number of piperidine rings is 1. The van der Waals surface area contributed by atoms with Gasteiger partial charge in [-0.3, -0.25) is 9.89 Å². The Kier molecular flexibility index (Phi) is 10.6. The molecule has 0 amide bonds. The van der Waals surface area contributed by atoms with E-state index in [0.29, 0.717) is 6.04 Å². The van der Waals surface area contributed by atoms with Crippen molar-refractivity contribution in [2.45, 2.75) is 58.0 Å². The summed E-state index contributed by atoms with van der Waals surface area (Å²) in [7, 11) is 0. The molecule has 1 aromatic heterocycles. The van der Waals surface area contributed by atoms with E-state index in [2.05, 4.69) is 40.3 Å². The van der Waals surface area contributed by atoms with Crippen molar-refractivity contribution in [2.24, 2.45) is 4.99 Å². The molecule has 160 valence electrons. The lowest BCUT2D eigenvalue weighted by molar-refractivity contribution is 0.206. The molecule has 0 aliphatic carbocycles. The molecule has 1 aromatic rings. The molecule has 0 bridgehead atoms. The average molecular weight is 503 g/mol. The highest BCUT2D eigenvalue weighted by atomic mass is 127. The van der Waals surface area contributed by atoms with Crippen LogP contribution in [0.25, 0.3) is 0 Å². The van der Waals surface area contributed by atoms with Crippen LogP contribution in [0.5, 0.6) is 0 Å². The molecule has 1 atom stereocenters. The molecule has 2 saturated heterocycles. The van der Waals surface area contributed by atoms with E-state index in [-0.39, 0.29) is 30.0 Å². The summed E-state index contributed by atoms with van der Waals surface area (Å²) in [6, 6.07) is 4.83. The maximum atomic E-state index is 5.73. The Morgan fingerprint density at radius 3 is 2.57 bits per heavy atom. The van der Waals surface area contributed by atoms with Gasteiger partial charge in [-0.2, -0.15) is 0 Å². The van der Waals surface area contributed by atoms with Gasteiger partial charge in [0.1, 0.15) is 5.76 Å². The fourth-order valence-electron chi connectivity index (χ4n) is 4.23. The predicted molar refractivity (Wildman–Crippen MR) is 127 cm³/mol. The summed E-state index contributed by atoms with van der Waals surface area (Å²) < 4.78 is 5.73. The topological polar surface area (TPSA) is 56.0 Å². The molecular formula is C21H38IN5O. The average Bonchev–Trinajstić information content (AvgIpc) is 3.38. The molecule has 2 fully saturated rings. The maximum Gasteiger partial charge on any atom is 0.191 e. The minimum Gasteiger partial charge on any atom is -0.468 e. The second-order valence-corrected chi connectivity index (χ2v) is 7.75. The van der Waals surface area contributed by atoms with Gasteiger partial charge in [-0.15, -0.1) is 24.0 Å². The van der Waals surface area contributed by atoms with Gasteiger partial charge in [-0.25, -0.2) is 0 Å². The third-order valence-corrected chi connectivity index (χ3v) is 5.69. The molecule has 3 rings (SSSR count). The lowest BCUT2D eigenvalue weighted by atomic mass is 10.1. The predicted octanol–water partition coefficient (Wildman–Crippen LogP) is 3.46. The van der Waals surface area contributed by atoms with Crippen molar-refractivity contribution in [3.05, 3.63) is 24.2 Å². The van der Waals surface area contributed by atoms with Gasteiger partial charge in [0.05, 0.1) is 18.8 Å². The van der Waals surface area contributed by atoms with E-state index in [9.17, 15) is 0 Å². The van der Waals surface area contributed by atoms with Gasteiger partial charge in [-0.1, -0.05) is 6.92 Å². The van der Waals surface area contributed by atoms with Crippen molar-refractivity contribution in [2.75, 3.05) is 45.8 Å². The fourth-order valence-corrected chi connectivity index (χ4v) is 4.23. The van der Waals surface area contributed by atoms with Crippen LogP contribution in [0.1, 0.15) is 57.8 Å². The van der Waals surface area contributed by atoms with Gasteiger partial charge in [0, 0.05) is 25.7 Å². The summed E-state index contributed by atoms with van der Waals surface area (Å²) in [6.45, 7) is 11.9. The van der Waals surface area contributed by atoms with Gasteiger partial charge >= 0.3 is 0 Å². The molecular weight excluding hydrogens is 465 g/mol. The van der Waals surface area contributed by atoms with Crippen molar-refractivity contribution in [3.8, 4) is 0 Å². The molecule has 2 aliphatic heterocycles. The molecule has 2 aliphatic rings. The molecule has 0 aromatic carbocycles. The Balaban J connectivity index is 0.00000280. The summed E-state index contributed by atoms with van der Waals surface area (Å²) in [6.07, 6.45) is 7.95. The van der Waals surface area contributed by atoms with E-state index in [1.54, 1.807) is 6.26 Å². The van der Waals surface area contributed by atoms with Crippen LogP contribution in [0.15, 0.2) is 27.8 Å². The number of likely N-dealkylation sites (tertiary alicyclic amines) is 2. The normalized spacial score (nSPS) is 20.7. The minimum absolute atomic E-state index is 0. The van der Waals surface area contributed by atoms with Crippen LogP contribution in [-0.4, -0.2) is 67.6 Å². The molecule has 28 heavy (non-hydrogen) atoms. The Morgan fingerprint density at radius 1 is 1.21 bits per heavy atom. The first-order valence-electron chi connectivity index (χ1n) is 10.8. The summed E-state index contributed by atoms with van der Waals surface area (Å²) in [5.41, 5.74) is 0. The Hall–Kier alpha value is -0.800. The molecule has 6 nitrogen and oxygen atoms in total. The number of hydrogen-bond donors (Lipinski definition) is 2. The summed E-state index contributed by atoms with van der Waals surface area (Å²) in [5, 5.41) is 7.11.